The Morgan fingerprint density at radius 1 is 1.70 bits per heavy atom. The van der Waals surface area contributed by atoms with Crippen molar-refractivity contribution in [3.05, 3.63) is 0 Å². The van der Waals surface area contributed by atoms with Gasteiger partial charge in [-0.25, -0.2) is 0 Å². The summed E-state index contributed by atoms with van der Waals surface area (Å²) >= 11 is 0. The molecule has 0 saturated carbocycles. The average molecular weight is 147 g/mol. The van der Waals surface area contributed by atoms with Gasteiger partial charge in [-0.1, -0.05) is 0 Å². The van der Waals surface area contributed by atoms with E-state index in [9.17, 15) is 4.79 Å². The largest absolute Gasteiger partial charge is 0.465 e. The highest BCUT2D eigenvalue weighted by Gasteiger charge is 2.12. The number of hydrogen-bond donors (Lipinski definition) is 1. The van der Waals surface area contributed by atoms with Crippen LogP contribution in [0.5, 0.6) is 0 Å². The fraction of sp³-hybridized carbons (Fsp3) is 0.833. The van der Waals surface area contributed by atoms with Gasteiger partial charge in [-0.05, 0) is 6.92 Å². The Bertz CT molecular complexity index is 105. The molecule has 10 heavy (non-hydrogen) atoms. The topological polar surface area (TPSA) is 61.5 Å². The van der Waals surface area contributed by atoms with Crippen molar-refractivity contribution in [3.8, 4) is 0 Å². The molecule has 0 saturated heterocycles. The summed E-state index contributed by atoms with van der Waals surface area (Å²) in [5.41, 5.74) is 5.31. The molecule has 0 aliphatic carbocycles. The van der Waals surface area contributed by atoms with E-state index in [2.05, 4.69) is 9.47 Å². The zero-order chi connectivity index (χ0) is 7.98. The first kappa shape index (κ1) is 9.39. The number of ether oxygens (including phenoxy) is 2. The Morgan fingerprint density at radius 2 is 2.30 bits per heavy atom. The molecule has 0 spiro atoms. The van der Waals surface area contributed by atoms with E-state index in [1.54, 1.807) is 6.92 Å². The molecule has 0 amide bonds. The highest BCUT2D eigenvalue weighted by atomic mass is 16.5. The van der Waals surface area contributed by atoms with E-state index in [1.807, 2.05) is 0 Å². The molecule has 0 aromatic carbocycles. The molecule has 0 aromatic rings. The monoisotopic (exact) mass is 147 g/mol. The second-order valence-corrected chi connectivity index (χ2v) is 1.81. The van der Waals surface area contributed by atoms with Crippen LogP contribution in [0.3, 0.4) is 0 Å². The van der Waals surface area contributed by atoms with Gasteiger partial charge in [0.15, 0.2) is 0 Å². The van der Waals surface area contributed by atoms with Crippen LogP contribution in [0.2, 0.25) is 0 Å². The van der Waals surface area contributed by atoms with Crippen molar-refractivity contribution in [2.45, 2.75) is 13.0 Å². The van der Waals surface area contributed by atoms with Gasteiger partial charge in [-0.3, -0.25) is 4.79 Å². The van der Waals surface area contributed by atoms with E-state index in [1.165, 1.54) is 7.11 Å². The molecule has 2 N–H and O–H groups in total. The molecule has 4 nitrogen and oxygen atoms in total. The summed E-state index contributed by atoms with van der Waals surface area (Å²) in [6.07, 6.45) is 0. The molecule has 4 heteroatoms. The standard InChI is InChI=1S/C6H13NO3/c1-3-10-6(8)5(7)4-9-2/h5H,3-4,7H2,1-2H3. The summed E-state index contributed by atoms with van der Waals surface area (Å²) in [5, 5.41) is 0. The van der Waals surface area contributed by atoms with Gasteiger partial charge in [0.25, 0.3) is 0 Å². The average Bonchev–Trinajstić information content (AvgIpc) is 1.89. The zero-order valence-electron chi connectivity index (χ0n) is 6.29. The first-order valence-electron chi connectivity index (χ1n) is 3.13. The van der Waals surface area contributed by atoms with Gasteiger partial charge in [0.1, 0.15) is 6.04 Å². The van der Waals surface area contributed by atoms with E-state index < -0.39 is 12.0 Å². The third-order valence-electron chi connectivity index (χ3n) is 0.936. The maximum atomic E-state index is 10.7. The fourth-order valence-electron chi connectivity index (χ4n) is 0.497. The summed E-state index contributed by atoms with van der Waals surface area (Å²) in [6.45, 7) is 2.30. The van der Waals surface area contributed by atoms with E-state index >= 15 is 0 Å². The van der Waals surface area contributed by atoms with Crippen molar-refractivity contribution >= 4 is 5.97 Å². The highest BCUT2D eigenvalue weighted by molar-refractivity contribution is 5.75. The molecular weight excluding hydrogens is 134 g/mol. The van der Waals surface area contributed by atoms with Gasteiger partial charge in [-0.15, -0.1) is 0 Å². The molecule has 0 radical (unpaired) electrons. The molecule has 0 aliphatic heterocycles. The van der Waals surface area contributed by atoms with Gasteiger partial charge in [0, 0.05) is 7.11 Å². The van der Waals surface area contributed by atoms with Crippen LogP contribution in [0.25, 0.3) is 0 Å². The molecule has 0 heterocycles. The van der Waals surface area contributed by atoms with Gasteiger partial charge in [-0.2, -0.15) is 0 Å². The fourth-order valence-corrected chi connectivity index (χ4v) is 0.497. The number of esters is 1. The zero-order valence-corrected chi connectivity index (χ0v) is 6.29. The minimum atomic E-state index is -0.648. The SMILES string of the molecule is CCOC(=O)C(N)COC. The van der Waals surface area contributed by atoms with Crippen molar-refractivity contribution in [1.82, 2.24) is 0 Å². The van der Waals surface area contributed by atoms with Crippen molar-refractivity contribution in [1.29, 1.82) is 0 Å². The van der Waals surface area contributed by atoms with Crippen molar-refractivity contribution < 1.29 is 14.3 Å². The number of carbonyl (C=O) groups excluding carboxylic acids is 1. The maximum Gasteiger partial charge on any atom is 0.325 e. The van der Waals surface area contributed by atoms with Crippen molar-refractivity contribution in [3.63, 3.8) is 0 Å². The molecule has 1 atom stereocenters. The normalized spacial score (nSPS) is 12.7. The molecule has 0 rings (SSSR count). The number of hydrogen-bond acceptors (Lipinski definition) is 4. The second kappa shape index (κ2) is 5.20. The molecule has 0 bridgehead atoms. The van der Waals surface area contributed by atoms with E-state index in [-0.39, 0.29) is 6.61 Å². The van der Waals surface area contributed by atoms with Crippen molar-refractivity contribution in [2.24, 2.45) is 5.73 Å². The molecule has 0 aliphatic rings. The van der Waals surface area contributed by atoms with Crippen LogP contribution in [0, 0.1) is 0 Å². The van der Waals surface area contributed by atoms with Crippen LogP contribution < -0.4 is 5.73 Å². The number of methoxy groups -OCH3 is 1. The van der Waals surface area contributed by atoms with Crippen LogP contribution >= 0.6 is 0 Å². The molecular formula is C6H13NO3. The Labute approximate surface area is 60.3 Å². The van der Waals surface area contributed by atoms with E-state index in [4.69, 9.17) is 5.73 Å². The van der Waals surface area contributed by atoms with Crippen LogP contribution in [0.1, 0.15) is 6.92 Å². The third kappa shape index (κ3) is 3.42. The predicted octanol–water partition coefficient (Wildman–Crippen LogP) is -0.477. The van der Waals surface area contributed by atoms with E-state index in [0.29, 0.717) is 6.61 Å². The first-order chi connectivity index (χ1) is 4.72. The Morgan fingerprint density at radius 3 is 2.70 bits per heavy atom. The first-order valence-corrected chi connectivity index (χ1v) is 3.13. The van der Waals surface area contributed by atoms with Gasteiger partial charge in [0.2, 0.25) is 0 Å². The Hall–Kier alpha value is -0.610. The second-order valence-electron chi connectivity index (χ2n) is 1.81. The number of rotatable bonds is 4. The Kier molecular flexibility index (Phi) is 4.88. The van der Waals surface area contributed by atoms with Gasteiger partial charge < -0.3 is 15.2 Å². The van der Waals surface area contributed by atoms with Crippen molar-refractivity contribution in [2.75, 3.05) is 20.3 Å². The third-order valence-corrected chi connectivity index (χ3v) is 0.936. The predicted molar refractivity (Wildman–Crippen MR) is 36.5 cm³/mol. The van der Waals surface area contributed by atoms with Crippen LogP contribution in [0.4, 0.5) is 0 Å². The summed E-state index contributed by atoms with van der Waals surface area (Å²) in [4.78, 5) is 10.7. The summed E-state index contributed by atoms with van der Waals surface area (Å²) in [6, 6.07) is -0.648. The lowest BCUT2D eigenvalue weighted by Gasteiger charge is -2.07. The van der Waals surface area contributed by atoms with Crippen LogP contribution in [0.15, 0.2) is 0 Å². The van der Waals surface area contributed by atoms with Gasteiger partial charge in [0.05, 0.1) is 13.2 Å². The summed E-state index contributed by atoms with van der Waals surface area (Å²) in [5.74, 6) is -0.413. The highest BCUT2D eigenvalue weighted by Crippen LogP contribution is 1.85. The lowest BCUT2D eigenvalue weighted by atomic mass is 10.3. The molecule has 0 fully saturated rings. The quantitative estimate of drug-likeness (QED) is 0.546. The Balaban J connectivity index is 3.49. The minimum Gasteiger partial charge on any atom is -0.465 e. The van der Waals surface area contributed by atoms with E-state index in [0.717, 1.165) is 0 Å². The smallest absolute Gasteiger partial charge is 0.325 e. The number of nitrogens with two attached hydrogens (primary N) is 1. The lowest BCUT2D eigenvalue weighted by molar-refractivity contribution is -0.145. The summed E-state index contributed by atoms with van der Waals surface area (Å²) < 4.78 is 9.26. The molecule has 60 valence electrons. The molecule has 1 unspecified atom stereocenters. The van der Waals surface area contributed by atoms with Crippen LogP contribution in [-0.4, -0.2) is 32.3 Å². The number of carbonyl (C=O) groups is 1. The van der Waals surface area contributed by atoms with Crippen LogP contribution in [-0.2, 0) is 14.3 Å². The van der Waals surface area contributed by atoms with Gasteiger partial charge >= 0.3 is 5.97 Å². The minimum absolute atomic E-state index is 0.207. The lowest BCUT2D eigenvalue weighted by Crippen LogP contribution is -2.36. The maximum absolute atomic E-state index is 10.7. The molecule has 0 aromatic heterocycles. The summed E-state index contributed by atoms with van der Waals surface area (Å²) in [7, 11) is 1.49.